The van der Waals surface area contributed by atoms with Crippen molar-refractivity contribution in [2.24, 2.45) is 0 Å². The molecule has 37 heavy (non-hydrogen) atoms. The third-order valence-electron chi connectivity index (χ3n) is 5.56. The van der Waals surface area contributed by atoms with Crippen molar-refractivity contribution in [1.29, 1.82) is 5.26 Å². The van der Waals surface area contributed by atoms with Crippen molar-refractivity contribution in [2.75, 3.05) is 29.9 Å². The summed E-state index contributed by atoms with van der Waals surface area (Å²) in [7, 11) is 0. The van der Waals surface area contributed by atoms with Gasteiger partial charge in [0.05, 0.1) is 11.1 Å². The van der Waals surface area contributed by atoms with Crippen LogP contribution in [0.1, 0.15) is 31.9 Å². The van der Waals surface area contributed by atoms with Crippen molar-refractivity contribution in [2.45, 2.75) is 27.4 Å². The van der Waals surface area contributed by atoms with E-state index in [4.69, 9.17) is 9.47 Å². The van der Waals surface area contributed by atoms with Crippen molar-refractivity contribution in [1.82, 2.24) is 0 Å². The van der Waals surface area contributed by atoms with Gasteiger partial charge in [-0.05, 0) is 102 Å². The van der Waals surface area contributed by atoms with Crippen molar-refractivity contribution in [3.05, 3.63) is 87.7 Å². The third kappa shape index (κ3) is 7.58. The second-order valence-electron chi connectivity index (χ2n) is 8.02. The maximum absolute atomic E-state index is 13.2. The van der Waals surface area contributed by atoms with Gasteiger partial charge in [-0.2, -0.15) is 5.26 Å². The number of nitrogens with one attached hydrogen (secondary N) is 1. The molecule has 0 aliphatic carbocycles. The molecule has 1 amide bonds. The third-order valence-corrected chi connectivity index (χ3v) is 6.15. The molecule has 6 nitrogen and oxygen atoms in total. The quantitative estimate of drug-likeness (QED) is 0.201. The summed E-state index contributed by atoms with van der Waals surface area (Å²) in [6.07, 6.45) is 1.50. The Labute approximate surface area is 225 Å². The van der Waals surface area contributed by atoms with E-state index in [9.17, 15) is 14.4 Å². The van der Waals surface area contributed by atoms with Crippen LogP contribution in [-0.2, 0) is 11.4 Å². The molecule has 1 N–H and O–H groups in total. The molecule has 192 valence electrons. The Morgan fingerprint density at radius 1 is 1.05 bits per heavy atom. The van der Waals surface area contributed by atoms with Crippen molar-refractivity contribution >= 4 is 39.3 Å². The Kier molecular flexibility index (Phi) is 10.1. The summed E-state index contributed by atoms with van der Waals surface area (Å²) in [6.45, 7) is 8.40. The minimum atomic E-state index is -0.510. The number of rotatable bonds is 11. The summed E-state index contributed by atoms with van der Waals surface area (Å²) in [4.78, 5) is 15.0. The molecule has 0 radical (unpaired) electrons. The fraction of sp³-hybridized carbons (Fsp3) is 0.241. The smallest absolute Gasteiger partial charge is 0.266 e. The van der Waals surface area contributed by atoms with Gasteiger partial charge < -0.3 is 19.7 Å². The standard InChI is InChI=1S/C29H29BrFN3O3/c1-4-34(5-2)25-13-11-24(12-14-25)33-29(35)22(18-32)15-21-16-26(30)28(27(17-21)36-6-3)37-19-20-7-9-23(31)10-8-20/h7-17H,4-6,19H2,1-3H3,(H,33,35)/b22-15-. The van der Waals surface area contributed by atoms with E-state index in [-0.39, 0.29) is 18.0 Å². The van der Waals surface area contributed by atoms with Gasteiger partial charge in [0.1, 0.15) is 24.1 Å². The van der Waals surface area contributed by atoms with Crippen LogP contribution in [0.3, 0.4) is 0 Å². The second-order valence-corrected chi connectivity index (χ2v) is 8.88. The average Bonchev–Trinajstić information content (AvgIpc) is 2.89. The number of carbonyl (C=O) groups excluding carboxylic acids is 1. The van der Waals surface area contributed by atoms with Gasteiger partial charge in [0, 0.05) is 24.5 Å². The highest BCUT2D eigenvalue weighted by Crippen LogP contribution is 2.38. The Morgan fingerprint density at radius 3 is 2.32 bits per heavy atom. The molecule has 0 saturated carbocycles. The van der Waals surface area contributed by atoms with Gasteiger partial charge in [-0.1, -0.05) is 12.1 Å². The summed E-state index contributed by atoms with van der Waals surface area (Å²) >= 11 is 3.50. The number of nitriles is 1. The fourth-order valence-corrected chi connectivity index (χ4v) is 4.24. The molecule has 0 fully saturated rings. The first-order valence-electron chi connectivity index (χ1n) is 12.0. The maximum Gasteiger partial charge on any atom is 0.266 e. The summed E-state index contributed by atoms with van der Waals surface area (Å²) in [5.41, 5.74) is 3.00. The Bertz CT molecular complexity index is 1280. The molecule has 0 unspecified atom stereocenters. The summed E-state index contributed by atoms with van der Waals surface area (Å²) < 4.78 is 25.5. The molecule has 0 atom stereocenters. The van der Waals surface area contributed by atoms with Crippen molar-refractivity contribution in [3.63, 3.8) is 0 Å². The monoisotopic (exact) mass is 565 g/mol. The lowest BCUT2D eigenvalue weighted by Crippen LogP contribution is -2.21. The van der Waals surface area contributed by atoms with Crippen molar-refractivity contribution < 1.29 is 18.7 Å². The summed E-state index contributed by atoms with van der Waals surface area (Å²) in [5.74, 6) is 0.100. The largest absolute Gasteiger partial charge is 0.490 e. The number of hydrogen-bond donors (Lipinski definition) is 1. The number of hydrogen-bond acceptors (Lipinski definition) is 5. The normalized spacial score (nSPS) is 11.0. The van der Waals surface area contributed by atoms with Crippen LogP contribution < -0.4 is 19.7 Å². The molecular formula is C29H29BrFN3O3. The lowest BCUT2D eigenvalue weighted by Gasteiger charge is -2.21. The summed E-state index contributed by atoms with van der Waals surface area (Å²) in [5, 5.41) is 12.4. The van der Waals surface area contributed by atoms with Crippen molar-refractivity contribution in [3.8, 4) is 17.6 Å². The highest BCUT2D eigenvalue weighted by molar-refractivity contribution is 9.10. The highest BCUT2D eigenvalue weighted by atomic mass is 79.9. The second kappa shape index (κ2) is 13.5. The fourth-order valence-electron chi connectivity index (χ4n) is 3.67. The number of anilines is 2. The Morgan fingerprint density at radius 2 is 1.73 bits per heavy atom. The minimum absolute atomic E-state index is 0.0536. The highest BCUT2D eigenvalue weighted by Gasteiger charge is 2.15. The van der Waals surface area contributed by atoms with Crippen LogP contribution in [0, 0.1) is 17.1 Å². The SMILES string of the molecule is CCOc1cc(/C=C(/C#N)C(=O)Nc2ccc(N(CC)CC)cc2)cc(Br)c1OCc1ccc(F)cc1. The molecule has 0 saturated heterocycles. The van der Waals surface area contributed by atoms with Gasteiger partial charge in [0.25, 0.3) is 5.91 Å². The van der Waals surface area contributed by atoms with Gasteiger partial charge in [0.15, 0.2) is 11.5 Å². The van der Waals surface area contributed by atoms with E-state index < -0.39 is 5.91 Å². The van der Waals surface area contributed by atoms with Gasteiger partial charge >= 0.3 is 0 Å². The lowest BCUT2D eigenvalue weighted by atomic mass is 10.1. The maximum atomic E-state index is 13.2. The molecule has 0 aliphatic rings. The van der Waals surface area contributed by atoms with Crippen LogP contribution in [0.25, 0.3) is 6.08 Å². The molecule has 0 aromatic heterocycles. The number of halogens is 2. The van der Waals surface area contributed by atoms with Crippen LogP contribution in [0.4, 0.5) is 15.8 Å². The van der Waals surface area contributed by atoms with Crippen LogP contribution in [0.15, 0.2) is 70.7 Å². The van der Waals surface area contributed by atoms with E-state index in [0.717, 1.165) is 24.3 Å². The summed E-state index contributed by atoms with van der Waals surface area (Å²) in [6, 6.07) is 19.0. The van der Waals surface area contributed by atoms with E-state index in [1.165, 1.54) is 18.2 Å². The lowest BCUT2D eigenvalue weighted by molar-refractivity contribution is -0.112. The van der Waals surface area contributed by atoms with Gasteiger partial charge in [-0.15, -0.1) is 0 Å². The van der Waals surface area contributed by atoms with E-state index in [2.05, 4.69) is 40.0 Å². The molecule has 3 aromatic carbocycles. The first kappa shape index (κ1) is 27.8. The first-order chi connectivity index (χ1) is 17.9. The topological polar surface area (TPSA) is 74.6 Å². The van der Waals surface area contributed by atoms with Gasteiger partial charge in [-0.3, -0.25) is 4.79 Å². The van der Waals surface area contributed by atoms with Crippen LogP contribution >= 0.6 is 15.9 Å². The zero-order valence-corrected chi connectivity index (χ0v) is 22.6. The first-order valence-corrected chi connectivity index (χ1v) is 12.8. The van der Waals surface area contributed by atoms with E-state index in [0.29, 0.717) is 33.8 Å². The van der Waals surface area contributed by atoms with E-state index in [1.54, 1.807) is 24.3 Å². The molecule has 0 bridgehead atoms. The zero-order chi connectivity index (χ0) is 26.8. The zero-order valence-electron chi connectivity index (χ0n) is 21.1. The Hall–Kier alpha value is -3.83. The number of carbonyl (C=O) groups is 1. The number of ether oxygens (including phenoxy) is 2. The molecule has 0 spiro atoms. The minimum Gasteiger partial charge on any atom is -0.490 e. The molecule has 3 rings (SSSR count). The van der Waals surface area contributed by atoms with Gasteiger partial charge in [-0.25, -0.2) is 4.39 Å². The average molecular weight is 566 g/mol. The molecule has 3 aromatic rings. The molecule has 0 aliphatic heterocycles. The van der Waals surface area contributed by atoms with E-state index in [1.807, 2.05) is 37.3 Å². The molecule has 8 heteroatoms. The number of benzene rings is 3. The Balaban J connectivity index is 1.79. The van der Waals surface area contributed by atoms with E-state index >= 15 is 0 Å². The predicted molar refractivity (Wildman–Crippen MR) is 148 cm³/mol. The molecular weight excluding hydrogens is 537 g/mol. The van der Waals surface area contributed by atoms with Gasteiger partial charge in [0.2, 0.25) is 0 Å². The van der Waals surface area contributed by atoms with Crippen LogP contribution in [0.2, 0.25) is 0 Å². The predicted octanol–water partition coefficient (Wildman–Crippen LogP) is 6.96. The number of amides is 1. The number of nitrogens with zero attached hydrogens (tertiary/aromatic N) is 2. The molecule has 0 heterocycles. The van der Waals surface area contributed by atoms with Crippen LogP contribution in [-0.4, -0.2) is 25.6 Å². The van der Waals surface area contributed by atoms with Crippen LogP contribution in [0.5, 0.6) is 11.5 Å².